The van der Waals surface area contributed by atoms with E-state index in [1.165, 1.54) is 5.56 Å². The number of hydrogen-bond donors (Lipinski definition) is 1. The molecule has 1 aliphatic heterocycles. The number of nitrogens with two attached hydrogens (primary N) is 1. The van der Waals surface area contributed by atoms with E-state index >= 15 is 0 Å². The number of nitrogen functional groups attached to an aromatic ring is 1. The predicted molar refractivity (Wildman–Crippen MR) is 112 cm³/mol. The van der Waals surface area contributed by atoms with Gasteiger partial charge in [-0.1, -0.05) is 30.3 Å². The molecule has 28 heavy (non-hydrogen) atoms. The highest BCUT2D eigenvalue weighted by molar-refractivity contribution is 5.95. The van der Waals surface area contributed by atoms with E-state index in [-0.39, 0.29) is 0 Å². The maximum Gasteiger partial charge on any atom is 0.228 e. The molecule has 0 amide bonds. The average Bonchev–Trinajstić information content (AvgIpc) is 2.74. The van der Waals surface area contributed by atoms with E-state index in [0.29, 0.717) is 34.7 Å². The zero-order valence-corrected chi connectivity index (χ0v) is 16.4. The highest BCUT2D eigenvalue weighted by Gasteiger charge is 2.23. The van der Waals surface area contributed by atoms with E-state index in [2.05, 4.69) is 40.2 Å². The Morgan fingerprint density at radius 3 is 2.43 bits per heavy atom. The Morgan fingerprint density at radius 2 is 1.75 bits per heavy atom. The summed E-state index contributed by atoms with van der Waals surface area (Å²) < 4.78 is 10.9. The van der Waals surface area contributed by atoms with E-state index in [1.807, 2.05) is 12.1 Å². The molecule has 1 aromatic heterocycles. The first-order valence-electron chi connectivity index (χ1n) is 9.66. The summed E-state index contributed by atoms with van der Waals surface area (Å²) in [6.07, 6.45) is 3.36. The molecule has 1 fully saturated rings. The van der Waals surface area contributed by atoms with Crippen molar-refractivity contribution in [2.75, 3.05) is 37.9 Å². The van der Waals surface area contributed by atoms with Crippen molar-refractivity contribution in [2.24, 2.45) is 5.92 Å². The van der Waals surface area contributed by atoms with E-state index in [1.54, 1.807) is 14.2 Å². The van der Waals surface area contributed by atoms with Crippen LogP contribution in [-0.2, 0) is 6.42 Å². The summed E-state index contributed by atoms with van der Waals surface area (Å²) in [7, 11) is 3.23. The Labute approximate surface area is 165 Å². The van der Waals surface area contributed by atoms with Crippen LogP contribution in [0.1, 0.15) is 18.4 Å². The summed E-state index contributed by atoms with van der Waals surface area (Å²) in [5.74, 6) is 3.04. The van der Waals surface area contributed by atoms with Crippen molar-refractivity contribution in [1.29, 1.82) is 0 Å². The SMILES string of the molecule is COc1ccc2c(N)nc(N3CCC(Cc4ccccc4)CC3)nc2c1OC. The fourth-order valence-corrected chi connectivity index (χ4v) is 3.95. The van der Waals surface area contributed by atoms with Crippen LogP contribution in [-0.4, -0.2) is 37.3 Å². The Hall–Kier alpha value is -3.02. The van der Waals surface area contributed by atoms with Gasteiger partial charge in [0.2, 0.25) is 5.95 Å². The molecule has 6 nitrogen and oxygen atoms in total. The lowest BCUT2D eigenvalue weighted by molar-refractivity contribution is 0.358. The van der Waals surface area contributed by atoms with Crippen LogP contribution in [0.3, 0.4) is 0 Å². The summed E-state index contributed by atoms with van der Waals surface area (Å²) in [5.41, 5.74) is 8.33. The van der Waals surface area contributed by atoms with E-state index < -0.39 is 0 Å². The van der Waals surface area contributed by atoms with Gasteiger partial charge in [-0.25, -0.2) is 4.98 Å². The van der Waals surface area contributed by atoms with E-state index in [9.17, 15) is 0 Å². The molecular weight excluding hydrogens is 352 g/mol. The van der Waals surface area contributed by atoms with Crippen LogP contribution in [0.5, 0.6) is 11.5 Å². The van der Waals surface area contributed by atoms with E-state index in [4.69, 9.17) is 20.2 Å². The van der Waals surface area contributed by atoms with Gasteiger partial charge < -0.3 is 20.1 Å². The Balaban J connectivity index is 1.55. The van der Waals surface area contributed by atoms with Gasteiger partial charge in [0.05, 0.1) is 14.2 Å². The van der Waals surface area contributed by atoms with Crippen LogP contribution in [0.4, 0.5) is 11.8 Å². The third-order valence-corrected chi connectivity index (χ3v) is 5.49. The van der Waals surface area contributed by atoms with Crippen LogP contribution < -0.4 is 20.1 Å². The van der Waals surface area contributed by atoms with Crippen molar-refractivity contribution < 1.29 is 9.47 Å². The summed E-state index contributed by atoms with van der Waals surface area (Å²) in [5, 5.41) is 0.778. The van der Waals surface area contributed by atoms with Crippen molar-refractivity contribution in [3.05, 3.63) is 48.0 Å². The molecule has 0 atom stereocenters. The number of rotatable bonds is 5. The molecule has 0 aliphatic carbocycles. The van der Waals surface area contributed by atoms with Crippen LogP contribution in [0.2, 0.25) is 0 Å². The maximum atomic E-state index is 6.23. The molecule has 1 saturated heterocycles. The quantitative estimate of drug-likeness (QED) is 0.730. The standard InChI is InChI=1S/C22H26N4O2/c1-27-18-9-8-17-19(20(18)28-2)24-22(25-21(17)23)26-12-10-16(11-13-26)14-15-6-4-3-5-7-15/h3-9,16H,10-14H2,1-2H3,(H2,23,24,25). The molecule has 1 aliphatic rings. The van der Waals surface area contributed by atoms with Gasteiger partial charge in [-0.2, -0.15) is 4.98 Å². The molecule has 2 N–H and O–H groups in total. The van der Waals surface area contributed by atoms with Gasteiger partial charge in [0.15, 0.2) is 11.5 Å². The summed E-state index contributed by atoms with van der Waals surface area (Å²) in [6, 6.07) is 14.4. The summed E-state index contributed by atoms with van der Waals surface area (Å²) in [6.45, 7) is 1.85. The van der Waals surface area contributed by atoms with Gasteiger partial charge in [-0.3, -0.25) is 0 Å². The maximum absolute atomic E-state index is 6.23. The smallest absolute Gasteiger partial charge is 0.228 e. The van der Waals surface area contributed by atoms with Gasteiger partial charge in [-0.05, 0) is 42.9 Å². The lowest BCUT2D eigenvalue weighted by Gasteiger charge is -2.32. The third kappa shape index (κ3) is 3.54. The minimum Gasteiger partial charge on any atom is -0.493 e. The zero-order valence-electron chi connectivity index (χ0n) is 16.4. The van der Waals surface area contributed by atoms with Gasteiger partial charge in [-0.15, -0.1) is 0 Å². The zero-order chi connectivity index (χ0) is 19.5. The van der Waals surface area contributed by atoms with Crippen LogP contribution in [0.15, 0.2) is 42.5 Å². The van der Waals surface area contributed by atoms with Gasteiger partial charge in [0.1, 0.15) is 11.3 Å². The van der Waals surface area contributed by atoms with Crippen LogP contribution >= 0.6 is 0 Å². The molecule has 0 unspecified atom stereocenters. The number of ether oxygens (including phenoxy) is 2. The summed E-state index contributed by atoms with van der Waals surface area (Å²) in [4.78, 5) is 11.6. The Kier molecular flexibility index (Phi) is 5.19. The number of hydrogen-bond acceptors (Lipinski definition) is 6. The predicted octanol–water partition coefficient (Wildman–Crippen LogP) is 3.69. The molecule has 0 radical (unpaired) electrons. The topological polar surface area (TPSA) is 73.5 Å². The highest BCUT2D eigenvalue weighted by atomic mass is 16.5. The molecule has 4 rings (SSSR count). The second kappa shape index (κ2) is 7.92. The third-order valence-electron chi connectivity index (χ3n) is 5.49. The number of fused-ring (bicyclic) bond motifs is 1. The first kappa shape index (κ1) is 18.3. The van der Waals surface area contributed by atoms with Crippen molar-refractivity contribution in [3.63, 3.8) is 0 Å². The monoisotopic (exact) mass is 378 g/mol. The van der Waals surface area contributed by atoms with Gasteiger partial charge in [0.25, 0.3) is 0 Å². The fourth-order valence-electron chi connectivity index (χ4n) is 3.95. The molecule has 0 spiro atoms. The molecule has 146 valence electrons. The average molecular weight is 378 g/mol. The minimum atomic E-state index is 0.465. The normalized spacial score (nSPS) is 15.0. The highest BCUT2D eigenvalue weighted by Crippen LogP contribution is 2.37. The molecule has 6 heteroatoms. The number of benzene rings is 2. The number of anilines is 2. The minimum absolute atomic E-state index is 0.465. The molecule has 0 bridgehead atoms. The molecule has 0 saturated carbocycles. The van der Waals surface area contributed by atoms with E-state index in [0.717, 1.165) is 37.7 Å². The Bertz CT molecular complexity index is 954. The molecule has 2 heterocycles. The Morgan fingerprint density at radius 1 is 1.00 bits per heavy atom. The molecule has 3 aromatic rings. The second-order valence-electron chi connectivity index (χ2n) is 7.23. The lowest BCUT2D eigenvalue weighted by Crippen LogP contribution is -2.35. The van der Waals surface area contributed by atoms with Crippen LogP contribution in [0.25, 0.3) is 10.9 Å². The number of methoxy groups -OCH3 is 2. The fraction of sp³-hybridized carbons (Fsp3) is 0.364. The number of nitrogens with zero attached hydrogens (tertiary/aromatic N) is 3. The van der Waals surface area contributed by atoms with Crippen molar-refractivity contribution in [2.45, 2.75) is 19.3 Å². The largest absolute Gasteiger partial charge is 0.493 e. The summed E-state index contributed by atoms with van der Waals surface area (Å²) >= 11 is 0. The van der Waals surface area contributed by atoms with Gasteiger partial charge in [0, 0.05) is 18.5 Å². The number of aromatic nitrogens is 2. The van der Waals surface area contributed by atoms with Crippen molar-refractivity contribution in [1.82, 2.24) is 9.97 Å². The molecular formula is C22H26N4O2. The lowest BCUT2D eigenvalue weighted by atomic mass is 9.90. The first-order valence-corrected chi connectivity index (χ1v) is 9.66. The number of piperidine rings is 1. The van der Waals surface area contributed by atoms with Crippen molar-refractivity contribution in [3.8, 4) is 11.5 Å². The van der Waals surface area contributed by atoms with Crippen LogP contribution in [0, 0.1) is 5.92 Å². The van der Waals surface area contributed by atoms with Gasteiger partial charge >= 0.3 is 0 Å². The van der Waals surface area contributed by atoms with Crippen molar-refractivity contribution >= 4 is 22.7 Å². The first-order chi connectivity index (χ1) is 13.7. The molecule has 2 aromatic carbocycles. The second-order valence-corrected chi connectivity index (χ2v) is 7.23.